The standard InChI is InChI=1S/C15H10N6O5/c22-11(6-5-10-18-13(20-25-10)12-16-7-17-19-12)26-21-14(23)8-3-1-2-4-9(8)15(21)24/h1-4,7H,5-6H2,(H,16,17,19). The third-order valence-electron chi connectivity index (χ3n) is 3.59. The minimum Gasteiger partial charge on any atom is -0.339 e. The minimum absolute atomic E-state index is 0.0726. The van der Waals surface area contributed by atoms with E-state index in [0.717, 1.165) is 0 Å². The van der Waals surface area contributed by atoms with Crippen LogP contribution in [0.1, 0.15) is 33.0 Å². The Bertz CT molecular complexity index is 961. The Morgan fingerprint density at radius 1 is 1.19 bits per heavy atom. The van der Waals surface area contributed by atoms with E-state index in [1.165, 1.54) is 18.5 Å². The number of carbonyl (C=O) groups is 3. The van der Waals surface area contributed by atoms with Gasteiger partial charge in [-0.2, -0.15) is 10.1 Å². The smallest absolute Gasteiger partial charge is 0.333 e. The van der Waals surface area contributed by atoms with Crippen LogP contribution >= 0.6 is 0 Å². The molecule has 0 saturated carbocycles. The summed E-state index contributed by atoms with van der Waals surface area (Å²) in [7, 11) is 0. The number of aryl methyl sites for hydroxylation is 1. The number of carbonyl (C=O) groups excluding carboxylic acids is 3. The maximum Gasteiger partial charge on any atom is 0.333 e. The molecule has 3 aromatic rings. The van der Waals surface area contributed by atoms with Crippen LogP contribution in [0.25, 0.3) is 11.6 Å². The van der Waals surface area contributed by atoms with Crippen LogP contribution in [0.15, 0.2) is 35.1 Å². The molecular weight excluding hydrogens is 344 g/mol. The number of imide groups is 1. The summed E-state index contributed by atoms with van der Waals surface area (Å²) in [6.45, 7) is 0. The molecule has 2 aromatic heterocycles. The van der Waals surface area contributed by atoms with Crippen molar-refractivity contribution in [1.29, 1.82) is 0 Å². The number of nitrogens with one attached hydrogen (secondary N) is 1. The molecule has 0 spiro atoms. The first-order valence-electron chi connectivity index (χ1n) is 7.50. The molecule has 11 nitrogen and oxygen atoms in total. The van der Waals surface area contributed by atoms with Crippen molar-refractivity contribution >= 4 is 17.8 Å². The van der Waals surface area contributed by atoms with E-state index in [9.17, 15) is 14.4 Å². The molecule has 4 rings (SSSR count). The molecule has 0 bridgehead atoms. The highest BCUT2D eigenvalue weighted by atomic mass is 16.7. The van der Waals surface area contributed by atoms with Crippen molar-refractivity contribution in [1.82, 2.24) is 30.4 Å². The van der Waals surface area contributed by atoms with Gasteiger partial charge in [-0.15, -0.1) is 0 Å². The van der Waals surface area contributed by atoms with Crippen molar-refractivity contribution in [2.45, 2.75) is 12.8 Å². The Kier molecular flexibility index (Phi) is 3.73. The number of aromatic amines is 1. The molecule has 0 atom stereocenters. The molecular formula is C15H10N6O5. The molecule has 1 aliphatic rings. The maximum absolute atomic E-state index is 12.1. The van der Waals surface area contributed by atoms with E-state index in [-0.39, 0.29) is 35.7 Å². The van der Waals surface area contributed by atoms with Crippen LogP contribution in [-0.2, 0) is 16.1 Å². The van der Waals surface area contributed by atoms with Crippen molar-refractivity contribution < 1.29 is 23.7 Å². The number of fused-ring (bicyclic) bond motifs is 1. The third kappa shape index (κ3) is 2.70. The van der Waals surface area contributed by atoms with Crippen LogP contribution in [0.4, 0.5) is 0 Å². The van der Waals surface area contributed by atoms with Gasteiger partial charge in [0.1, 0.15) is 6.33 Å². The number of H-pyrrole nitrogens is 1. The van der Waals surface area contributed by atoms with Crippen molar-refractivity contribution in [3.63, 3.8) is 0 Å². The zero-order valence-corrected chi connectivity index (χ0v) is 13.1. The van der Waals surface area contributed by atoms with Gasteiger partial charge in [0.2, 0.25) is 11.7 Å². The van der Waals surface area contributed by atoms with Crippen molar-refractivity contribution in [3.8, 4) is 11.6 Å². The first-order valence-corrected chi connectivity index (χ1v) is 7.50. The summed E-state index contributed by atoms with van der Waals surface area (Å²) in [5, 5.41) is 10.4. The molecule has 3 heterocycles. The predicted octanol–water partition coefficient (Wildman–Crippen LogP) is 0.542. The lowest BCUT2D eigenvalue weighted by atomic mass is 10.1. The lowest BCUT2D eigenvalue weighted by Gasteiger charge is -2.12. The van der Waals surface area contributed by atoms with Gasteiger partial charge in [-0.1, -0.05) is 22.4 Å². The molecule has 26 heavy (non-hydrogen) atoms. The van der Waals surface area contributed by atoms with E-state index in [1.54, 1.807) is 12.1 Å². The van der Waals surface area contributed by atoms with Gasteiger partial charge in [-0.3, -0.25) is 14.7 Å². The lowest BCUT2D eigenvalue weighted by Crippen LogP contribution is -2.32. The zero-order chi connectivity index (χ0) is 18.1. The second-order valence-electron chi connectivity index (χ2n) is 5.26. The van der Waals surface area contributed by atoms with Gasteiger partial charge in [0.25, 0.3) is 11.8 Å². The van der Waals surface area contributed by atoms with Crippen LogP contribution in [0.3, 0.4) is 0 Å². The average Bonchev–Trinajstić information content (AvgIpc) is 3.38. The van der Waals surface area contributed by atoms with Crippen molar-refractivity contribution in [3.05, 3.63) is 47.6 Å². The fourth-order valence-electron chi connectivity index (χ4n) is 2.37. The monoisotopic (exact) mass is 354 g/mol. The Morgan fingerprint density at radius 3 is 2.58 bits per heavy atom. The van der Waals surface area contributed by atoms with E-state index in [2.05, 4.69) is 25.3 Å². The van der Waals surface area contributed by atoms with E-state index in [0.29, 0.717) is 10.9 Å². The summed E-state index contributed by atoms with van der Waals surface area (Å²) in [6.07, 6.45) is 1.21. The normalized spacial score (nSPS) is 13.2. The fraction of sp³-hybridized carbons (Fsp3) is 0.133. The fourth-order valence-corrected chi connectivity index (χ4v) is 2.37. The predicted molar refractivity (Wildman–Crippen MR) is 81.0 cm³/mol. The van der Waals surface area contributed by atoms with Gasteiger partial charge in [-0.25, -0.2) is 9.78 Å². The summed E-state index contributed by atoms with van der Waals surface area (Å²) >= 11 is 0. The number of hydroxylamine groups is 2. The second kappa shape index (κ2) is 6.20. The number of aromatic nitrogens is 5. The molecule has 130 valence electrons. The van der Waals surface area contributed by atoms with E-state index in [1.807, 2.05) is 0 Å². The van der Waals surface area contributed by atoms with Crippen LogP contribution < -0.4 is 0 Å². The summed E-state index contributed by atoms with van der Waals surface area (Å²) in [5.74, 6) is -1.43. The molecule has 0 fully saturated rings. The van der Waals surface area contributed by atoms with E-state index >= 15 is 0 Å². The molecule has 0 radical (unpaired) electrons. The summed E-state index contributed by atoms with van der Waals surface area (Å²) in [4.78, 5) is 49.0. The average molecular weight is 354 g/mol. The SMILES string of the molecule is O=C(CCc1nc(-c2ncn[nH]2)no1)ON1C(=O)c2ccccc2C1=O. The van der Waals surface area contributed by atoms with Crippen LogP contribution in [-0.4, -0.2) is 48.2 Å². The molecule has 2 amide bonds. The van der Waals surface area contributed by atoms with Gasteiger partial charge in [-0.05, 0) is 12.1 Å². The second-order valence-corrected chi connectivity index (χ2v) is 5.26. The molecule has 0 aliphatic carbocycles. The largest absolute Gasteiger partial charge is 0.339 e. The Hall–Kier alpha value is -3.89. The van der Waals surface area contributed by atoms with Crippen molar-refractivity contribution in [2.75, 3.05) is 0 Å². The first-order chi connectivity index (χ1) is 12.6. The number of amides is 2. The Balaban J connectivity index is 1.37. The van der Waals surface area contributed by atoms with Crippen LogP contribution in [0.5, 0.6) is 0 Å². The molecule has 1 N–H and O–H groups in total. The van der Waals surface area contributed by atoms with Crippen LogP contribution in [0, 0.1) is 0 Å². The Labute approximate surface area is 144 Å². The first kappa shape index (κ1) is 15.6. The van der Waals surface area contributed by atoms with Crippen LogP contribution in [0.2, 0.25) is 0 Å². The maximum atomic E-state index is 12.1. The molecule has 1 aromatic carbocycles. The zero-order valence-electron chi connectivity index (χ0n) is 13.1. The number of rotatable bonds is 5. The molecule has 0 unspecified atom stereocenters. The number of nitrogens with zero attached hydrogens (tertiary/aromatic N) is 5. The molecule has 0 saturated heterocycles. The Morgan fingerprint density at radius 2 is 1.92 bits per heavy atom. The summed E-state index contributed by atoms with van der Waals surface area (Å²) in [6, 6.07) is 6.23. The topological polar surface area (TPSA) is 144 Å². The summed E-state index contributed by atoms with van der Waals surface area (Å²) in [5.41, 5.74) is 0.387. The van der Waals surface area contributed by atoms with Gasteiger partial charge < -0.3 is 9.36 Å². The van der Waals surface area contributed by atoms with E-state index < -0.39 is 17.8 Å². The lowest BCUT2D eigenvalue weighted by molar-refractivity contribution is -0.168. The van der Waals surface area contributed by atoms with Crippen molar-refractivity contribution in [2.24, 2.45) is 0 Å². The highest BCUT2D eigenvalue weighted by molar-refractivity contribution is 6.20. The van der Waals surface area contributed by atoms with E-state index in [4.69, 9.17) is 9.36 Å². The molecule has 1 aliphatic heterocycles. The number of hydrogen-bond acceptors (Lipinski definition) is 9. The number of benzene rings is 1. The minimum atomic E-state index is -0.779. The van der Waals surface area contributed by atoms with Gasteiger partial charge in [0.05, 0.1) is 17.5 Å². The van der Waals surface area contributed by atoms with Gasteiger partial charge in [0.15, 0.2) is 5.82 Å². The molecule has 11 heteroatoms. The van der Waals surface area contributed by atoms with Gasteiger partial charge >= 0.3 is 5.97 Å². The highest BCUT2D eigenvalue weighted by Gasteiger charge is 2.38. The number of hydrogen-bond donors (Lipinski definition) is 1. The van der Waals surface area contributed by atoms with Gasteiger partial charge in [0, 0.05) is 6.42 Å². The quantitative estimate of drug-likeness (QED) is 0.649. The highest BCUT2D eigenvalue weighted by Crippen LogP contribution is 2.23. The third-order valence-corrected chi connectivity index (χ3v) is 3.59. The summed E-state index contributed by atoms with van der Waals surface area (Å²) < 4.78 is 5.00.